The van der Waals surface area contributed by atoms with Gasteiger partial charge < -0.3 is 20.5 Å². The maximum Gasteiger partial charge on any atom is 0.422 e. The van der Waals surface area contributed by atoms with E-state index in [0.29, 0.717) is 6.54 Å². The van der Waals surface area contributed by atoms with Crippen LogP contribution in [0.5, 0.6) is 5.88 Å². The fourth-order valence-corrected chi connectivity index (χ4v) is 2.73. The Kier molecular flexibility index (Phi) is 6.77. The first-order valence-electron chi connectivity index (χ1n) is 7.52. The quantitative estimate of drug-likeness (QED) is 0.829. The zero-order valence-electron chi connectivity index (χ0n) is 13.7. The number of hydrogen-bond donors (Lipinski definition) is 2. The van der Waals surface area contributed by atoms with Crippen LogP contribution in [0.3, 0.4) is 0 Å². The van der Waals surface area contributed by atoms with Gasteiger partial charge in [-0.05, 0) is 26.7 Å². The van der Waals surface area contributed by atoms with E-state index in [0.717, 1.165) is 25.9 Å². The molecule has 2 heterocycles. The number of piperidine rings is 1. The molecular weight excluding hydrogens is 349 g/mol. The Hall–Kier alpha value is -1.19. The number of ether oxygens (including phenoxy) is 1. The van der Waals surface area contributed by atoms with Crippen LogP contribution in [-0.2, 0) is 0 Å². The van der Waals surface area contributed by atoms with Crippen LogP contribution < -0.4 is 10.5 Å². The van der Waals surface area contributed by atoms with Gasteiger partial charge in [0.1, 0.15) is 5.69 Å². The van der Waals surface area contributed by atoms with E-state index in [9.17, 15) is 18.3 Å². The lowest BCUT2D eigenvalue weighted by Gasteiger charge is -2.35. The van der Waals surface area contributed by atoms with Crippen molar-refractivity contribution in [2.75, 3.05) is 32.0 Å². The molecule has 0 radical (unpaired) electrons. The molecular formula is C14H24ClF3N4O2. The van der Waals surface area contributed by atoms with Crippen molar-refractivity contribution in [1.82, 2.24) is 14.7 Å². The Morgan fingerprint density at radius 3 is 2.42 bits per heavy atom. The number of aromatic nitrogens is 2. The van der Waals surface area contributed by atoms with Crippen LogP contribution in [0, 0.1) is 0 Å². The smallest absolute Gasteiger partial charge is 0.422 e. The summed E-state index contributed by atoms with van der Waals surface area (Å²) in [5, 5.41) is 13.9. The van der Waals surface area contributed by atoms with Gasteiger partial charge in [0.05, 0.1) is 17.8 Å². The molecule has 0 bridgehead atoms. The fourth-order valence-electron chi connectivity index (χ4n) is 2.73. The molecule has 6 nitrogen and oxygen atoms in total. The zero-order chi connectivity index (χ0) is 17.3. The Labute approximate surface area is 145 Å². The van der Waals surface area contributed by atoms with Crippen LogP contribution in [0.25, 0.3) is 0 Å². The van der Waals surface area contributed by atoms with Gasteiger partial charge >= 0.3 is 6.18 Å². The largest absolute Gasteiger partial charge is 0.466 e. The van der Waals surface area contributed by atoms with Crippen molar-refractivity contribution in [2.45, 2.75) is 44.5 Å². The van der Waals surface area contributed by atoms with Gasteiger partial charge in [-0.2, -0.15) is 13.2 Å². The van der Waals surface area contributed by atoms with Crippen LogP contribution >= 0.6 is 12.4 Å². The van der Waals surface area contributed by atoms with E-state index in [1.165, 1.54) is 6.20 Å². The van der Waals surface area contributed by atoms with Crippen LogP contribution in [-0.4, -0.2) is 57.8 Å². The first-order chi connectivity index (χ1) is 10.5. The maximum absolute atomic E-state index is 12.2. The van der Waals surface area contributed by atoms with E-state index in [1.54, 1.807) is 18.5 Å². The minimum absolute atomic E-state index is 0. The summed E-state index contributed by atoms with van der Waals surface area (Å²) < 4.78 is 42.8. The third kappa shape index (κ3) is 6.37. The first-order valence-corrected chi connectivity index (χ1v) is 7.52. The van der Waals surface area contributed by atoms with E-state index in [-0.39, 0.29) is 30.0 Å². The molecule has 0 unspecified atom stereocenters. The second-order valence-corrected chi connectivity index (χ2v) is 6.59. The molecule has 1 fully saturated rings. The first kappa shape index (κ1) is 20.9. The summed E-state index contributed by atoms with van der Waals surface area (Å²) in [6.45, 7) is 4.27. The lowest BCUT2D eigenvalue weighted by atomic mass is 10.0. The third-order valence-corrected chi connectivity index (χ3v) is 3.64. The standard InChI is InChI=1S/C14H23F3N4O2.ClH/c1-13(2,22)8-20-5-3-10(4-6-20)21-7-11(18)12(19-21)23-9-14(15,16)17;/h7,10,22H,3-6,8-9,18H2,1-2H3;1H. The van der Waals surface area contributed by atoms with Crippen molar-refractivity contribution >= 4 is 18.1 Å². The number of anilines is 1. The lowest BCUT2D eigenvalue weighted by Crippen LogP contribution is -2.43. The van der Waals surface area contributed by atoms with Crippen LogP contribution in [0.4, 0.5) is 18.9 Å². The summed E-state index contributed by atoms with van der Waals surface area (Å²) in [6.07, 6.45) is -1.33. The third-order valence-electron chi connectivity index (χ3n) is 3.64. The molecule has 0 aliphatic carbocycles. The van der Waals surface area contributed by atoms with Crippen LogP contribution in [0.1, 0.15) is 32.7 Å². The molecule has 0 spiro atoms. The number of alkyl halides is 3. The van der Waals surface area contributed by atoms with Gasteiger partial charge in [-0.3, -0.25) is 4.68 Å². The number of nitrogens with two attached hydrogens (primary N) is 1. The molecule has 2 rings (SSSR count). The van der Waals surface area contributed by atoms with Crippen molar-refractivity contribution in [3.05, 3.63) is 6.20 Å². The molecule has 10 heteroatoms. The Balaban J connectivity index is 0.00000288. The van der Waals surface area contributed by atoms with Crippen LogP contribution in [0.2, 0.25) is 0 Å². The highest BCUT2D eigenvalue weighted by Crippen LogP contribution is 2.28. The number of nitrogens with zero attached hydrogens (tertiary/aromatic N) is 3. The minimum Gasteiger partial charge on any atom is -0.466 e. The molecule has 1 aliphatic rings. The molecule has 3 N–H and O–H groups in total. The average Bonchev–Trinajstić information content (AvgIpc) is 2.76. The number of hydrogen-bond acceptors (Lipinski definition) is 5. The summed E-state index contributed by atoms with van der Waals surface area (Å²) in [5.74, 6) is -0.179. The van der Waals surface area contributed by atoms with E-state index < -0.39 is 18.4 Å². The molecule has 1 aromatic rings. The van der Waals surface area contributed by atoms with E-state index in [2.05, 4.69) is 14.7 Å². The van der Waals surface area contributed by atoms with Gasteiger partial charge in [-0.25, -0.2) is 0 Å². The van der Waals surface area contributed by atoms with Gasteiger partial charge in [0, 0.05) is 19.6 Å². The van der Waals surface area contributed by atoms with E-state index in [1.807, 2.05) is 0 Å². The fraction of sp³-hybridized carbons (Fsp3) is 0.786. The molecule has 24 heavy (non-hydrogen) atoms. The van der Waals surface area contributed by atoms with Crippen molar-refractivity contribution in [3.8, 4) is 5.88 Å². The lowest BCUT2D eigenvalue weighted by molar-refractivity contribution is -0.154. The predicted molar refractivity (Wildman–Crippen MR) is 86.4 cm³/mol. The molecule has 0 amide bonds. The van der Waals surface area contributed by atoms with Crippen LogP contribution in [0.15, 0.2) is 6.20 Å². The molecule has 1 aromatic heterocycles. The number of likely N-dealkylation sites (tertiary alicyclic amines) is 1. The van der Waals surface area contributed by atoms with Gasteiger partial charge in [-0.1, -0.05) is 0 Å². The van der Waals surface area contributed by atoms with Crippen molar-refractivity contribution in [3.63, 3.8) is 0 Å². The highest BCUT2D eigenvalue weighted by molar-refractivity contribution is 5.85. The summed E-state index contributed by atoms with van der Waals surface area (Å²) in [4.78, 5) is 2.16. The summed E-state index contributed by atoms with van der Waals surface area (Å²) in [6, 6.07) is 0.0681. The molecule has 1 saturated heterocycles. The number of rotatable bonds is 5. The highest BCUT2D eigenvalue weighted by Gasteiger charge is 2.30. The second kappa shape index (κ2) is 7.79. The van der Waals surface area contributed by atoms with E-state index in [4.69, 9.17) is 5.73 Å². The number of aliphatic hydroxyl groups is 1. The number of nitrogen functional groups attached to an aromatic ring is 1. The number of halogens is 4. The summed E-state index contributed by atoms with van der Waals surface area (Å²) in [7, 11) is 0. The summed E-state index contributed by atoms with van der Waals surface area (Å²) >= 11 is 0. The van der Waals surface area contributed by atoms with Crippen molar-refractivity contribution in [2.24, 2.45) is 0 Å². The monoisotopic (exact) mass is 372 g/mol. The molecule has 1 aliphatic heterocycles. The number of β-amino-alcohol motifs (C(OH)–C–C–N with tert-alkyl or cyclic N) is 1. The van der Waals surface area contributed by atoms with Gasteiger partial charge in [0.2, 0.25) is 0 Å². The molecule has 0 saturated carbocycles. The van der Waals surface area contributed by atoms with Crippen molar-refractivity contribution < 1.29 is 23.0 Å². The predicted octanol–water partition coefficient (Wildman–Crippen LogP) is 2.24. The minimum atomic E-state index is -4.42. The highest BCUT2D eigenvalue weighted by atomic mass is 35.5. The van der Waals surface area contributed by atoms with Gasteiger partial charge in [-0.15, -0.1) is 17.5 Å². The van der Waals surface area contributed by atoms with Gasteiger partial charge in [0.15, 0.2) is 6.61 Å². The Morgan fingerprint density at radius 1 is 1.33 bits per heavy atom. The SMILES string of the molecule is CC(C)(O)CN1CCC(n2cc(N)c(OCC(F)(F)F)n2)CC1.Cl. The zero-order valence-corrected chi connectivity index (χ0v) is 14.5. The van der Waals surface area contributed by atoms with Gasteiger partial charge in [0.25, 0.3) is 5.88 Å². The Bertz CT molecular complexity index is 523. The second-order valence-electron chi connectivity index (χ2n) is 6.59. The Morgan fingerprint density at radius 2 is 1.92 bits per heavy atom. The molecule has 140 valence electrons. The molecule has 0 aromatic carbocycles. The normalized spacial score (nSPS) is 17.6. The van der Waals surface area contributed by atoms with E-state index >= 15 is 0 Å². The topological polar surface area (TPSA) is 76.5 Å². The average molecular weight is 373 g/mol. The van der Waals surface area contributed by atoms with Crippen molar-refractivity contribution in [1.29, 1.82) is 0 Å². The maximum atomic E-state index is 12.2. The summed E-state index contributed by atoms with van der Waals surface area (Å²) in [5.41, 5.74) is 5.03. The molecule has 0 atom stereocenters.